The molecule has 3 aliphatic heterocycles. The summed E-state index contributed by atoms with van der Waals surface area (Å²) in [6, 6.07) is 11.2. The number of ether oxygens (including phenoxy) is 2. The summed E-state index contributed by atoms with van der Waals surface area (Å²) in [6.45, 7) is 9.52. The average molecular weight is 679 g/mol. The van der Waals surface area contributed by atoms with Crippen LogP contribution in [0, 0.1) is 5.92 Å². The van der Waals surface area contributed by atoms with Crippen molar-refractivity contribution in [3.05, 3.63) is 59.4 Å². The molecule has 3 saturated heterocycles. The van der Waals surface area contributed by atoms with E-state index >= 15 is 0 Å². The second-order valence-electron chi connectivity index (χ2n) is 13.3. The van der Waals surface area contributed by atoms with Gasteiger partial charge in [-0.25, -0.2) is 4.79 Å². The third-order valence-electron chi connectivity index (χ3n) is 8.65. The van der Waals surface area contributed by atoms with Gasteiger partial charge in [-0.2, -0.15) is 4.68 Å². The minimum atomic E-state index is -1.06. The van der Waals surface area contributed by atoms with Gasteiger partial charge in [-0.05, 0) is 79.4 Å². The fraction of sp³-hybridized carbons (Fsp3) is 0.485. The van der Waals surface area contributed by atoms with E-state index in [1.165, 1.54) is 20.8 Å². The number of nitrogens with zero attached hydrogens (tertiary/aromatic N) is 8. The molecule has 254 valence electrons. The molecular formula is C33H39ClN8O6. The van der Waals surface area contributed by atoms with Gasteiger partial charge in [-0.1, -0.05) is 23.7 Å². The molecule has 48 heavy (non-hydrogen) atoms. The first kappa shape index (κ1) is 33.5. The van der Waals surface area contributed by atoms with Gasteiger partial charge in [0.1, 0.15) is 18.0 Å². The standard InChI is InChI=1S/C33H39ClN8O6/c1-33(2,3)48-32(46)28(16-22-4-7-25(8-5-22)39-12-11-38(19-29(39)43)18-23-10-15-47-20-23)41-14-13-40(30(44)31(41)45)27-17-24(34)6-9-26(27)42-21-35-36-37-42/h4-9,17,21,23,28H,10-16,18-20H2,1-3H3/t23?,28-/m0/s1. The van der Waals surface area contributed by atoms with E-state index in [1.54, 1.807) is 43.9 Å². The number of hydrogen-bond acceptors (Lipinski definition) is 10. The summed E-state index contributed by atoms with van der Waals surface area (Å²) >= 11 is 6.28. The highest BCUT2D eigenvalue weighted by Crippen LogP contribution is 2.30. The highest BCUT2D eigenvalue weighted by atomic mass is 35.5. The number of carbonyl (C=O) groups is 4. The predicted octanol–water partition coefficient (Wildman–Crippen LogP) is 2.13. The third kappa shape index (κ3) is 7.50. The van der Waals surface area contributed by atoms with Crippen molar-refractivity contribution in [2.45, 2.75) is 45.3 Å². The Morgan fingerprint density at radius 3 is 2.44 bits per heavy atom. The van der Waals surface area contributed by atoms with Crippen molar-refractivity contribution in [1.29, 1.82) is 0 Å². The molecule has 0 saturated carbocycles. The van der Waals surface area contributed by atoms with Crippen LogP contribution in [0.15, 0.2) is 48.8 Å². The number of hydrogen-bond donors (Lipinski definition) is 0. The van der Waals surface area contributed by atoms with Crippen molar-refractivity contribution in [1.82, 2.24) is 30.0 Å². The zero-order chi connectivity index (χ0) is 34.0. The van der Waals surface area contributed by atoms with Crippen molar-refractivity contribution in [2.24, 2.45) is 5.92 Å². The molecule has 3 fully saturated rings. The SMILES string of the molecule is CC(C)(C)OC(=O)[C@H](Cc1ccc(N2CCN(CC3CCOC3)CC2=O)cc1)N1CCN(c2cc(Cl)ccc2-n2cnnn2)C(=O)C1=O. The molecule has 0 N–H and O–H groups in total. The van der Waals surface area contributed by atoms with Crippen LogP contribution in [-0.4, -0.2) is 118 Å². The van der Waals surface area contributed by atoms with Gasteiger partial charge in [0.2, 0.25) is 5.91 Å². The molecular weight excluding hydrogens is 640 g/mol. The van der Waals surface area contributed by atoms with E-state index in [0.29, 0.717) is 35.4 Å². The van der Waals surface area contributed by atoms with E-state index in [2.05, 4.69) is 20.4 Å². The van der Waals surface area contributed by atoms with Gasteiger partial charge in [-0.3, -0.25) is 19.3 Å². The number of amides is 3. The smallest absolute Gasteiger partial charge is 0.329 e. The van der Waals surface area contributed by atoms with Crippen molar-refractivity contribution in [3.63, 3.8) is 0 Å². The summed E-state index contributed by atoms with van der Waals surface area (Å²) in [6.07, 6.45) is 2.52. The Bertz CT molecular complexity index is 1660. The lowest BCUT2D eigenvalue weighted by Crippen LogP contribution is -2.60. The van der Waals surface area contributed by atoms with E-state index in [1.807, 2.05) is 24.3 Å². The van der Waals surface area contributed by atoms with Crippen LogP contribution >= 0.6 is 11.6 Å². The fourth-order valence-electron chi connectivity index (χ4n) is 6.32. The lowest BCUT2D eigenvalue weighted by Gasteiger charge is -2.38. The van der Waals surface area contributed by atoms with E-state index in [0.717, 1.165) is 44.0 Å². The summed E-state index contributed by atoms with van der Waals surface area (Å²) < 4.78 is 12.6. The van der Waals surface area contributed by atoms with Gasteiger partial charge in [0.25, 0.3) is 0 Å². The number of halogens is 1. The molecule has 0 spiro atoms. The molecule has 3 aliphatic rings. The summed E-state index contributed by atoms with van der Waals surface area (Å²) in [5, 5.41) is 11.6. The molecule has 0 radical (unpaired) electrons. The van der Waals surface area contributed by atoms with Crippen LogP contribution in [0.25, 0.3) is 5.69 Å². The van der Waals surface area contributed by atoms with Crippen LogP contribution < -0.4 is 9.80 Å². The first-order valence-electron chi connectivity index (χ1n) is 16.0. The minimum Gasteiger partial charge on any atom is -0.458 e. The van der Waals surface area contributed by atoms with Gasteiger partial charge in [0, 0.05) is 56.5 Å². The highest BCUT2D eigenvalue weighted by Gasteiger charge is 2.42. The molecule has 6 rings (SSSR count). The van der Waals surface area contributed by atoms with Crippen LogP contribution in [0.3, 0.4) is 0 Å². The van der Waals surface area contributed by atoms with E-state index in [-0.39, 0.29) is 25.4 Å². The average Bonchev–Trinajstić information content (AvgIpc) is 3.76. The second-order valence-corrected chi connectivity index (χ2v) is 13.7. The number of piperazine rings is 2. The number of tetrazole rings is 1. The van der Waals surface area contributed by atoms with Crippen LogP contribution in [-0.2, 0) is 35.1 Å². The molecule has 1 unspecified atom stereocenters. The monoisotopic (exact) mass is 678 g/mol. The normalized spacial score (nSPS) is 20.0. The summed E-state index contributed by atoms with van der Waals surface area (Å²) in [5.41, 5.74) is 1.52. The minimum absolute atomic E-state index is 0.0319. The fourth-order valence-corrected chi connectivity index (χ4v) is 6.49. The molecule has 3 aromatic rings. The molecule has 14 nitrogen and oxygen atoms in total. The molecule has 0 bridgehead atoms. The van der Waals surface area contributed by atoms with Gasteiger partial charge in [-0.15, -0.1) is 5.10 Å². The second kappa shape index (κ2) is 14.0. The maximum atomic E-state index is 13.7. The Kier molecular flexibility index (Phi) is 9.76. The number of carbonyl (C=O) groups excluding carboxylic acids is 4. The van der Waals surface area contributed by atoms with Gasteiger partial charge < -0.3 is 24.2 Å². The first-order valence-corrected chi connectivity index (χ1v) is 16.4. The van der Waals surface area contributed by atoms with Crippen LogP contribution in [0.2, 0.25) is 5.02 Å². The molecule has 3 amide bonds. The van der Waals surface area contributed by atoms with Crippen LogP contribution in [0.1, 0.15) is 32.8 Å². The van der Waals surface area contributed by atoms with E-state index in [4.69, 9.17) is 21.1 Å². The van der Waals surface area contributed by atoms with Crippen molar-refractivity contribution < 1.29 is 28.7 Å². The van der Waals surface area contributed by atoms with E-state index in [9.17, 15) is 19.2 Å². The third-order valence-corrected chi connectivity index (χ3v) is 8.88. The predicted molar refractivity (Wildman–Crippen MR) is 176 cm³/mol. The molecule has 15 heteroatoms. The highest BCUT2D eigenvalue weighted by molar-refractivity contribution is 6.41. The first-order chi connectivity index (χ1) is 23.0. The van der Waals surface area contributed by atoms with Crippen LogP contribution in [0.5, 0.6) is 0 Å². The molecule has 2 aromatic carbocycles. The molecule has 1 aromatic heterocycles. The summed E-state index contributed by atoms with van der Waals surface area (Å²) in [5.74, 6) is -1.77. The van der Waals surface area contributed by atoms with Crippen molar-refractivity contribution in [2.75, 3.05) is 62.3 Å². The maximum absolute atomic E-state index is 13.7. The Morgan fingerprint density at radius 1 is 1.00 bits per heavy atom. The van der Waals surface area contributed by atoms with Crippen molar-refractivity contribution in [3.8, 4) is 5.69 Å². The molecule has 0 aliphatic carbocycles. The maximum Gasteiger partial charge on any atom is 0.329 e. The molecule has 2 atom stereocenters. The van der Waals surface area contributed by atoms with Crippen LogP contribution in [0.4, 0.5) is 11.4 Å². The van der Waals surface area contributed by atoms with Gasteiger partial charge in [0.15, 0.2) is 0 Å². The zero-order valence-corrected chi connectivity index (χ0v) is 28.0. The number of rotatable bonds is 9. The number of esters is 1. The quantitative estimate of drug-likeness (QED) is 0.244. The lowest BCUT2D eigenvalue weighted by molar-refractivity contribution is -0.166. The molecule has 4 heterocycles. The Labute approximate surface area is 283 Å². The van der Waals surface area contributed by atoms with Gasteiger partial charge >= 0.3 is 17.8 Å². The lowest BCUT2D eigenvalue weighted by atomic mass is 10.0. The van der Waals surface area contributed by atoms with Gasteiger partial charge in [0.05, 0.1) is 24.5 Å². The number of aromatic nitrogens is 4. The Balaban J connectivity index is 1.17. The zero-order valence-electron chi connectivity index (χ0n) is 27.2. The van der Waals surface area contributed by atoms with Crippen molar-refractivity contribution >= 4 is 46.7 Å². The largest absolute Gasteiger partial charge is 0.458 e. The number of benzene rings is 2. The summed E-state index contributed by atoms with van der Waals surface area (Å²) in [7, 11) is 0. The number of anilines is 2. The Hall–Kier alpha value is -4.40. The summed E-state index contributed by atoms with van der Waals surface area (Å²) in [4.78, 5) is 60.6. The topological polar surface area (TPSA) is 143 Å². The Morgan fingerprint density at radius 2 is 1.77 bits per heavy atom. The van der Waals surface area contributed by atoms with E-state index < -0.39 is 29.4 Å².